The van der Waals surface area contributed by atoms with Crippen LogP contribution in [-0.2, 0) is 4.79 Å². The minimum Gasteiger partial charge on any atom is -0.302 e. The number of piperazine rings is 1. The van der Waals surface area contributed by atoms with Crippen LogP contribution in [-0.4, -0.2) is 54.9 Å². The van der Waals surface area contributed by atoms with Crippen LogP contribution in [0.5, 0.6) is 0 Å². The summed E-state index contributed by atoms with van der Waals surface area (Å²) in [5, 5.41) is 0. The van der Waals surface area contributed by atoms with E-state index in [1.54, 1.807) is 0 Å². The van der Waals surface area contributed by atoms with Crippen LogP contribution in [0, 0.1) is 0 Å². The van der Waals surface area contributed by atoms with Gasteiger partial charge in [0.2, 0.25) is 0 Å². The summed E-state index contributed by atoms with van der Waals surface area (Å²) < 4.78 is 0. The maximum atomic E-state index is 10.4. The Morgan fingerprint density at radius 1 is 1.07 bits per heavy atom. The van der Waals surface area contributed by atoms with Crippen molar-refractivity contribution in [1.29, 1.82) is 0 Å². The number of aldehydes is 1. The van der Waals surface area contributed by atoms with E-state index >= 15 is 0 Å². The third-order valence-electron chi connectivity index (χ3n) is 3.58. The van der Waals surface area contributed by atoms with Crippen LogP contribution < -0.4 is 0 Å². The van der Waals surface area contributed by atoms with Crippen molar-refractivity contribution in [3.8, 4) is 0 Å². The summed E-state index contributed by atoms with van der Waals surface area (Å²) in [7, 11) is 0. The first-order valence-electron chi connectivity index (χ1n) is 5.80. The van der Waals surface area contributed by atoms with Crippen LogP contribution in [0.4, 0.5) is 0 Å². The molecule has 0 spiro atoms. The molecule has 0 bridgehead atoms. The molecule has 1 aliphatic carbocycles. The molecule has 1 heterocycles. The Labute approximate surface area is 86.1 Å². The van der Waals surface area contributed by atoms with Gasteiger partial charge in [0.25, 0.3) is 0 Å². The van der Waals surface area contributed by atoms with E-state index in [-0.39, 0.29) is 0 Å². The van der Waals surface area contributed by atoms with Gasteiger partial charge in [-0.25, -0.2) is 0 Å². The largest absolute Gasteiger partial charge is 0.302 e. The molecule has 0 N–H and O–H groups in total. The molecule has 0 radical (unpaired) electrons. The first kappa shape index (κ1) is 10.1. The molecule has 80 valence electrons. The molecular weight excluding hydrogens is 176 g/mol. The second-order valence-electron chi connectivity index (χ2n) is 4.44. The molecule has 3 nitrogen and oxygen atoms in total. The fourth-order valence-electron chi connectivity index (χ4n) is 2.69. The van der Waals surface area contributed by atoms with Gasteiger partial charge in [-0.1, -0.05) is 12.8 Å². The van der Waals surface area contributed by atoms with Gasteiger partial charge in [0.1, 0.15) is 6.29 Å². The standard InChI is InChI=1S/C11H20N2O/c14-10-9-12-5-7-13(8-6-12)11-3-1-2-4-11/h10-11H,1-9H2. The van der Waals surface area contributed by atoms with Crippen molar-refractivity contribution in [3.05, 3.63) is 0 Å². The van der Waals surface area contributed by atoms with Crippen LogP contribution in [0.3, 0.4) is 0 Å². The van der Waals surface area contributed by atoms with E-state index in [4.69, 9.17) is 0 Å². The van der Waals surface area contributed by atoms with Gasteiger partial charge in [-0.15, -0.1) is 0 Å². The van der Waals surface area contributed by atoms with Gasteiger partial charge in [-0.2, -0.15) is 0 Å². The highest BCUT2D eigenvalue weighted by molar-refractivity contribution is 5.51. The van der Waals surface area contributed by atoms with Crippen molar-refractivity contribution in [2.75, 3.05) is 32.7 Å². The van der Waals surface area contributed by atoms with E-state index in [1.807, 2.05) is 0 Å². The quantitative estimate of drug-likeness (QED) is 0.622. The molecule has 2 fully saturated rings. The number of hydrogen-bond donors (Lipinski definition) is 0. The molecule has 0 aromatic rings. The Bertz CT molecular complexity index is 182. The fraction of sp³-hybridized carbons (Fsp3) is 0.909. The molecular formula is C11H20N2O. The number of rotatable bonds is 3. The molecule has 1 aliphatic heterocycles. The topological polar surface area (TPSA) is 23.6 Å². The van der Waals surface area contributed by atoms with Crippen molar-refractivity contribution >= 4 is 6.29 Å². The predicted octanol–water partition coefficient (Wildman–Crippen LogP) is 0.745. The lowest BCUT2D eigenvalue weighted by Crippen LogP contribution is -2.49. The molecule has 0 amide bonds. The van der Waals surface area contributed by atoms with Crippen LogP contribution in [0.2, 0.25) is 0 Å². The minimum absolute atomic E-state index is 0.624. The maximum Gasteiger partial charge on any atom is 0.133 e. The summed E-state index contributed by atoms with van der Waals surface area (Å²) in [5.41, 5.74) is 0. The zero-order valence-electron chi connectivity index (χ0n) is 8.82. The molecule has 1 saturated carbocycles. The van der Waals surface area contributed by atoms with Crippen molar-refractivity contribution in [3.63, 3.8) is 0 Å². The normalized spacial score (nSPS) is 26.9. The Hall–Kier alpha value is -0.410. The molecule has 14 heavy (non-hydrogen) atoms. The second kappa shape index (κ2) is 4.89. The Morgan fingerprint density at radius 2 is 1.71 bits per heavy atom. The predicted molar refractivity (Wildman–Crippen MR) is 56.3 cm³/mol. The molecule has 2 aliphatic rings. The van der Waals surface area contributed by atoms with E-state index in [2.05, 4.69) is 9.80 Å². The van der Waals surface area contributed by atoms with Crippen molar-refractivity contribution in [1.82, 2.24) is 9.80 Å². The second-order valence-corrected chi connectivity index (χ2v) is 4.44. The van der Waals surface area contributed by atoms with Crippen LogP contribution in [0.25, 0.3) is 0 Å². The third-order valence-corrected chi connectivity index (χ3v) is 3.58. The Kier molecular flexibility index (Phi) is 3.54. The smallest absolute Gasteiger partial charge is 0.133 e. The fourth-order valence-corrected chi connectivity index (χ4v) is 2.69. The summed E-state index contributed by atoms with van der Waals surface area (Å²) >= 11 is 0. The molecule has 0 unspecified atom stereocenters. The van der Waals surface area contributed by atoms with Crippen LogP contribution in [0.1, 0.15) is 25.7 Å². The molecule has 3 heteroatoms. The summed E-state index contributed by atoms with van der Waals surface area (Å²) in [6, 6.07) is 0.855. The van der Waals surface area contributed by atoms with Gasteiger partial charge in [0.15, 0.2) is 0 Å². The maximum absolute atomic E-state index is 10.4. The van der Waals surface area contributed by atoms with Gasteiger partial charge < -0.3 is 4.79 Å². The van der Waals surface area contributed by atoms with Gasteiger partial charge >= 0.3 is 0 Å². The molecule has 0 aromatic carbocycles. The Morgan fingerprint density at radius 3 is 2.29 bits per heavy atom. The SMILES string of the molecule is O=CCN1CCN(C2CCCC2)CC1. The highest BCUT2D eigenvalue weighted by atomic mass is 16.1. The van der Waals surface area contributed by atoms with Crippen molar-refractivity contribution in [2.24, 2.45) is 0 Å². The van der Waals surface area contributed by atoms with E-state index in [0.29, 0.717) is 6.54 Å². The highest BCUT2D eigenvalue weighted by Gasteiger charge is 2.25. The zero-order chi connectivity index (χ0) is 9.80. The number of hydrogen-bond acceptors (Lipinski definition) is 3. The lowest BCUT2D eigenvalue weighted by Gasteiger charge is -2.37. The summed E-state index contributed by atoms with van der Waals surface area (Å²) in [4.78, 5) is 15.2. The van der Waals surface area contributed by atoms with E-state index in [9.17, 15) is 4.79 Å². The number of carbonyl (C=O) groups is 1. The van der Waals surface area contributed by atoms with Crippen molar-refractivity contribution < 1.29 is 4.79 Å². The molecule has 1 saturated heterocycles. The summed E-state index contributed by atoms with van der Waals surface area (Å²) in [6.07, 6.45) is 6.64. The number of carbonyl (C=O) groups excluding carboxylic acids is 1. The van der Waals surface area contributed by atoms with Gasteiger partial charge in [-0.3, -0.25) is 9.80 Å². The minimum atomic E-state index is 0.624. The molecule has 0 aromatic heterocycles. The summed E-state index contributed by atoms with van der Waals surface area (Å²) in [6.45, 7) is 5.11. The third kappa shape index (κ3) is 2.34. The van der Waals surface area contributed by atoms with E-state index < -0.39 is 0 Å². The monoisotopic (exact) mass is 196 g/mol. The van der Waals surface area contributed by atoms with Crippen molar-refractivity contribution in [2.45, 2.75) is 31.7 Å². The van der Waals surface area contributed by atoms with Gasteiger partial charge in [0, 0.05) is 32.2 Å². The van der Waals surface area contributed by atoms with Gasteiger partial charge in [0.05, 0.1) is 6.54 Å². The van der Waals surface area contributed by atoms with Crippen LogP contribution in [0.15, 0.2) is 0 Å². The number of nitrogens with zero attached hydrogens (tertiary/aromatic N) is 2. The molecule has 2 rings (SSSR count). The van der Waals surface area contributed by atoms with Crippen LogP contribution >= 0.6 is 0 Å². The lowest BCUT2D eigenvalue weighted by molar-refractivity contribution is -0.109. The van der Waals surface area contributed by atoms with E-state index in [1.165, 1.54) is 38.8 Å². The zero-order valence-corrected chi connectivity index (χ0v) is 8.82. The Balaban J connectivity index is 1.74. The van der Waals surface area contributed by atoms with Gasteiger partial charge in [-0.05, 0) is 12.8 Å². The summed E-state index contributed by atoms with van der Waals surface area (Å²) in [5.74, 6) is 0. The highest BCUT2D eigenvalue weighted by Crippen LogP contribution is 2.24. The average molecular weight is 196 g/mol. The first-order valence-corrected chi connectivity index (χ1v) is 5.80. The van der Waals surface area contributed by atoms with E-state index in [0.717, 1.165) is 25.4 Å². The lowest BCUT2D eigenvalue weighted by atomic mass is 10.2. The average Bonchev–Trinajstić information content (AvgIpc) is 2.72. The molecule has 0 atom stereocenters. The first-order chi connectivity index (χ1) is 6.90.